The van der Waals surface area contributed by atoms with Gasteiger partial charge in [0.2, 0.25) is 11.7 Å². The maximum atomic E-state index is 12.1. The summed E-state index contributed by atoms with van der Waals surface area (Å²) in [5.41, 5.74) is -0.407. The third-order valence-corrected chi connectivity index (χ3v) is 3.91. The number of benzene rings is 1. The number of carboxylic acid groups (broad SMARTS) is 1. The Bertz CT molecular complexity index is 752. The number of aliphatic carboxylic acids is 1. The van der Waals surface area contributed by atoms with Crippen LogP contribution >= 0.6 is 0 Å². The summed E-state index contributed by atoms with van der Waals surface area (Å²) in [4.78, 5) is 27.3. The van der Waals surface area contributed by atoms with Crippen molar-refractivity contribution in [2.45, 2.75) is 40.2 Å². The van der Waals surface area contributed by atoms with E-state index < -0.39 is 11.4 Å². The lowest BCUT2D eigenvalue weighted by Gasteiger charge is -2.18. The number of carbonyl (C=O) groups is 2. The average molecular weight is 361 g/mol. The molecular formula is C18H23N3O5. The number of carboxylic acids is 1. The number of rotatable bonds is 9. The summed E-state index contributed by atoms with van der Waals surface area (Å²) < 4.78 is 10.6. The van der Waals surface area contributed by atoms with Crippen LogP contribution in [0.4, 0.5) is 0 Å². The minimum absolute atomic E-state index is 0.180. The summed E-state index contributed by atoms with van der Waals surface area (Å²) in [5, 5.41) is 15.6. The molecule has 1 heterocycles. The van der Waals surface area contributed by atoms with Crippen LogP contribution in [0.1, 0.15) is 49.3 Å². The Balaban J connectivity index is 1.82. The lowest BCUT2D eigenvalue weighted by molar-refractivity contribution is -0.147. The highest BCUT2D eigenvalue weighted by atomic mass is 16.5. The van der Waals surface area contributed by atoms with E-state index in [-0.39, 0.29) is 19.1 Å². The number of amides is 1. The zero-order chi connectivity index (χ0) is 19.2. The highest BCUT2D eigenvalue weighted by Crippen LogP contribution is 2.19. The smallest absolute Gasteiger partial charge is 0.309 e. The van der Waals surface area contributed by atoms with Gasteiger partial charge in [0.25, 0.3) is 5.91 Å². The molecule has 0 unspecified atom stereocenters. The Morgan fingerprint density at radius 3 is 2.54 bits per heavy atom. The summed E-state index contributed by atoms with van der Waals surface area (Å²) in [5.74, 6) is 0.451. The van der Waals surface area contributed by atoms with E-state index in [0.717, 1.165) is 0 Å². The van der Waals surface area contributed by atoms with Gasteiger partial charge in [-0.05, 0) is 44.5 Å². The summed E-state index contributed by atoms with van der Waals surface area (Å²) in [7, 11) is 0. The number of carbonyl (C=O) groups excluding carboxylic acids is 1. The summed E-state index contributed by atoms with van der Waals surface area (Å²) in [6.45, 7) is 5.64. The fourth-order valence-electron chi connectivity index (χ4n) is 2.04. The number of nitrogens with one attached hydrogen (secondary N) is 1. The van der Waals surface area contributed by atoms with Gasteiger partial charge in [0.1, 0.15) is 5.75 Å². The van der Waals surface area contributed by atoms with Gasteiger partial charge in [0.15, 0.2) is 6.61 Å². The molecule has 2 N–H and O–H groups in total. The van der Waals surface area contributed by atoms with Crippen LogP contribution in [0.3, 0.4) is 0 Å². The molecule has 8 heteroatoms. The first-order valence-electron chi connectivity index (χ1n) is 8.37. The van der Waals surface area contributed by atoms with Crippen molar-refractivity contribution in [3.05, 3.63) is 41.5 Å². The molecule has 0 atom stereocenters. The predicted octanol–water partition coefficient (Wildman–Crippen LogP) is 2.44. The number of hydrogen-bond donors (Lipinski definition) is 2. The van der Waals surface area contributed by atoms with Crippen molar-refractivity contribution in [1.29, 1.82) is 0 Å². The highest BCUT2D eigenvalue weighted by Gasteiger charge is 2.26. The first-order chi connectivity index (χ1) is 12.3. The van der Waals surface area contributed by atoms with E-state index in [9.17, 15) is 9.59 Å². The zero-order valence-electron chi connectivity index (χ0n) is 15.1. The van der Waals surface area contributed by atoms with E-state index in [1.54, 1.807) is 38.1 Å². The third-order valence-electron chi connectivity index (χ3n) is 3.91. The Morgan fingerprint density at radius 1 is 1.27 bits per heavy atom. The van der Waals surface area contributed by atoms with Crippen molar-refractivity contribution in [2.24, 2.45) is 5.41 Å². The van der Waals surface area contributed by atoms with Crippen LogP contribution in [0.2, 0.25) is 0 Å². The Hall–Kier alpha value is -2.90. The Labute approximate surface area is 151 Å². The molecule has 2 rings (SSSR count). The molecule has 0 fully saturated rings. The quantitative estimate of drug-likeness (QED) is 0.705. The van der Waals surface area contributed by atoms with Crippen molar-refractivity contribution in [1.82, 2.24) is 15.5 Å². The van der Waals surface area contributed by atoms with Crippen LogP contribution in [0.25, 0.3) is 0 Å². The van der Waals surface area contributed by atoms with Crippen LogP contribution in [0.15, 0.2) is 28.8 Å². The van der Waals surface area contributed by atoms with E-state index in [0.29, 0.717) is 35.9 Å². The molecule has 0 aliphatic rings. The van der Waals surface area contributed by atoms with Crippen LogP contribution in [0, 0.1) is 5.41 Å². The van der Waals surface area contributed by atoms with Gasteiger partial charge in [-0.2, -0.15) is 4.98 Å². The molecule has 0 saturated heterocycles. The van der Waals surface area contributed by atoms with E-state index in [2.05, 4.69) is 15.5 Å². The molecule has 0 aliphatic heterocycles. The van der Waals surface area contributed by atoms with Gasteiger partial charge in [-0.25, -0.2) is 0 Å². The van der Waals surface area contributed by atoms with E-state index >= 15 is 0 Å². The fraction of sp³-hybridized carbons (Fsp3) is 0.444. The van der Waals surface area contributed by atoms with Gasteiger partial charge in [0, 0.05) is 18.5 Å². The van der Waals surface area contributed by atoms with Gasteiger partial charge in [-0.3, -0.25) is 9.59 Å². The Morgan fingerprint density at radius 2 is 1.96 bits per heavy atom. The standard InChI is InChI=1S/C18H23N3O5/c1-4-15-20-14(21-26-15)11-25-13-7-5-12(6-8-13)16(22)19-10-9-18(2,3)17(23)24/h5-8H,4,9-11H2,1-3H3,(H,19,22)(H,23,24). The van der Waals surface area contributed by atoms with Crippen molar-refractivity contribution in [3.8, 4) is 5.75 Å². The van der Waals surface area contributed by atoms with Crippen molar-refractivity contribution in [3.63, 3.8) is 0 Å². The van der Waals surface area contributed by atoms with E-state index in [1.165, 1.54) is 0 Å². The molecule has 26 heavy (non-hydrogen) atoms. The Kier molecular flexibility index (Phi) is 6.32. The lowest BCUT2D eigenvalue weighted by Crippen LogP contribution is -2.31. The number of ether oxygens (including phenoxy) is 1. The van der Waals surface area contributed by atoms with Crippen LogP contribution in [0.5, 0.6) is 5.75 Å². The SMILES string of the molecule is CCc1nc(COc2ccc(C(=O)NCCC(C)(C)C(=O)O)cc2)no1. The molecule has 1 aromatic heterocycles. The largest absolute Gasteiger partial charge is 0.485 e. The normalized spacial score (nSPS) is 11.2. The zero-order valence-corrected chi connectivity index (χ0v) is 15.1. The fourth-order valence-corrected chi connectivity index (χ4v) is 2.04. The third kappa shape index (κ3) is 5.30. The topological polar surface area (TPSA) is 115 Å². The minimum atomic E-state index is -0.888. The van der Waals surface area contributed by atoms with E-state index in [4.69, 9.17) is 14.4 Å². The van der Waals surface area contributed by atoms with Gasteiger partial charge < -0.3 is 19.7 Å². The van der Waals surface area contributed by atoms with Gasteiger partial charge in [0.05, 0.1) is 5.41 Å². The molecule has 1 aromatic carbocycles. The first kappa shape index (κ1) is 19.4. The second kappa shape index (κ2) is 8.46. The molecule has 2 aromatic rings. The lowest BCUT2D eigenvalue weighted by atomic mass is 9.90. The molecule has 140 valence electrons. The van der Waals surface area contributed by atoms with Crippen molar-refractivity contribution >= 4 is 11.9 Å². The van der Waals surface area contributed by atoms with Gasteiger partial charge in [-0.15, -0.1) is 0 Å². The first-order valence-corrected chi connectivity index (χ1v) is 8.37. The molecule has 0 saturated carbocycles. The maximum Gasteiger partial charge on any atom is 0.309 e. The highest BCUT2D eigenvalue weighted by molar-refractivity contribution is 5.94. The van der Waals surface area contributed by atoms with Gasteiger partial charge >= 0.3 is 5.97 Å². The van der Waals surface area contributed by atoms with Gasteiger partial charge in [-0.1, -0.05) is 12.1 Å². The second-order valence-electron chi connectivity index (χ2n) is 6.47. The predicted molar refractivity (Wildman–Crippen MR) is 92.8 cm³/mol. The molecule has 1 amide bonds. The molecule has 0 radical (unpaired) electrons. The molecular weight excluding hydrogens is 338 g/mol. The van der Waals surface area contributed by atoms with Crippen molar-refractivity contribution < 1.29 is 24.0 Å². The summed E-state index contributed by atoms with van der Waals surface area (Å²) in [6, 6.07) is 6.63. The van der Waals surface area contributed by atoms with Crippen molar-refractivity contribution in [2.75, 3.05) is 6.54 Å². The average Bonchev–Trinajstić information content (AvgIpc) is 3.08. The number of nitrogens with zero attached hydrogens (tertiary/aromatic N) is 2. The van der Waals surface area contributed by atoms with Crippen LogP contribution in [-0.4, -0.2) is 33.7 Å². The van der Waals surface area contributed by atoms with Crippen LogP contribution < -0.4 is 10.1 Å². The maximum absolute atomic E-state index is 12.1. The molecule has 0 aliphatic carbocycles. The number of hydrogen-bond acceptors (Lipinski definition) is 6. The summed E-state index contributed by atoms with van der Waals surface area (Å²) >= 11 is 0. The molecule has 0 spiro atoms. The van der Waals surface area contributed by atoms with E-state index in [1.807, 2.05) is 6.92 Å². The number of aromatic nitrogens is 2. The molecule has 8 nitrogen and oxygen atoms in total. The summed E-state index contributed by atoms with van der Waals surface area (Å²) in [6.07, 6.45) is 1.01. The number of aryl methyl sites for hydroxylation is 1. The van der Waals surface area contributed by atoms with Crippen LogP contribution in [-0.2, 0) is 17.8 Å². The minimum Gasteiger partial charge on any atom is -0.485 e. The second-order valence-corrected chi connectivity index (χ2v) is 6.47. The molecule has 0 bridgehead atoms. The monoisotopic (exact) mass is 361 g/mol.